The van der Waals surface area contributed by atoms with E-state index in [1.807, 2.05) is 10.9 Å². The Morgan fingerprint density at radius 3 is 2.76 bits per heavy atom. The number of carbonyl (C=O) groups excluding carboxylic acids is 1. The smallest absolute Gasteiger partial charge is 0.257 e. The quantitative estimate of drug-likeness (QED) is 0.470. The van der Waals surface area contributed by atoms with E-state index in [1.54, 1.807) is 11.1 Å². The molecule has 4 rings (SSSR count). The van der Waals surface area contributed by atoms with Gasteiger partial charge in [-0.05, 0) is 30.5 Å². The highest BCUT2D eigenvalue weighted by Crippen LogP contribution is 2.29. The lowest BCUT2D eigenvalue weighted by Gasteiger charge is -2.31. The average molecular weight is 509 g/mol. The van der Waals surface area contributed by atoms with E-state index >= 15 is 0 Å². The molecule has 1 aromatic carbocycles. The Hall–Kier alpha value is -2.95. The molecule has 9 nitrogen and oxygen atoms in total. The summed E-state index contributed by atoms with van der Waals surface area (Å²) in [6.07, 6.45) is 6.81. The summed E-state index contributed by atoms with van der Waals surface area (Å²) >= 11 is 12.1. The number of anilines is 1. The fourth-order valence-electron chi connectivity index (χ4n) is 3.82. The number of benzene rings is 1. The van der Waals surface area contributed by atoms with Crippen molar-refractivity contribution in [2.45, 2.75) is 25.3 Å². The molecule has 3 N–H and O–H groups in total. The van der Waals surface area contributed by atoms with Crippen molar-refractivity contribution in [2.75, 3.05) is 32.0 Å². The molecule has 1 aliphatic heterocycles. The maximum Gasteiger partial charge on any atom is 0.257 e. The molecule has 0 radical (unpaired) electrons. The fraction of sp³-hybridized carbons (Fsp3) is 0.364. The van der Waals surface area contributed by atoms with Crippen LogP contribution in [0.2, 0.25) is 10.0 Å². The highest BCUT2D eigenvalue weighted by atomic mass is 35.5. The summed E-state index contributed by atoms with van der Waals surface area (Å²) in [6.45, 7) is 0.783. The Morgan fingerprint density at radius 2 is 2.03 bits per heavy atom. The number of aromatic nitrogens is 4. The number of carbonyl (C=O) groups is 1. The van der Waals surface area contributed by atoms with E-state index in [2.05, 4.69) is 15.1 Å². The van der Waals surface area contributed by atoms with Gasteiger partial charge in [0, 0.05) is 36.3 Å². The molecule has 34 heavy (non-hydrogen) atoms. The van der Waals surface area contributed by atoms with Crippen LogP contribution in [0.25, 0.3) is 11.3 Å². The van der Waals surface area contributed by atoms with Crippen molar-refractivity contribution < 1.29 is 19.0 Å². The van der Waals surface area contributed by atoms with Crippen molar-refractivity contribution in [3.8, 4) is 17.1 Å². The number of aliphatic hydroxyl groups is 1. The number of aliphatic hydroxyl groups excluding tert-OH is 1. The van der Waals surface area contributed by atoms with Gasteiger partial charge in [0.05, 0.1) is 35.8 Å². The molecule has 1 fully saturated rings. The number of nitrogens with two attached hydrogens (primary N) is 1. The molecule has 2 aromatic heterocycles. The van der Waals surface area contributed by atoms with Crippen LogP contribution in [-0.4, -0.2) is 62.0 Å². The van der Waals surface area contributed by atoms with Crippen LogP contribution >= 0.6 is 23.2 Å². The first kappa shape index (κ1) is 24.2. The van der Waals surface area contributed by atoms with Gasteiger partial charge in [0.1, 0.15) is 12.4 Å². The molecular formula is C22H23Cl2FN6O3. The van der Waals surface area contributed by atoms with Gasteiger partial charge >= 0.3 is 0 Å². The Balaban J connectivity index is 1.41. The zero-order valence-corrected chi connectivity index (χ0v) is 19.6. The highest BCUT2D eigenvalue weighted by molar-refractivity contribution is 6.36. The lowest BCUT2D eigenvalue weighted by molar-refractivity contribution is -0.135. The van der Waals surface area contributed by atoms with Crippen LogP contribution in [0.5, 0.6) is 5.88 Å². The number of likely N-dealkylation sites (tertiary alicyclic amines) is 1. The fourth-order valence-corrected chi connectivity index (χ4v) is 4.38. The third-order valence-corrected chi connectivity index (χ3v) is 6.48. The molecule has 0 spiro atoms. The molecule has 1 saturated heterocycles. The van der Waals surface area contributed by atoms with E-state index in [9.17, 15) is 9.18 Å². The van der Waals surface area contributed by atoms with Crippen molar-refractivity contribution in [3.63, 3.8) is 0 Å². The first-order valence-corrected chi connectivity index (χ1v) is 11.4. The van der Waals surface area contributed by atoms with E-state index in [-0.39, 0.29) is 41.7 Å². The molecule has 0 atom stereocenters. The molecular weight excluding hydrogens is 486 g/mol. The van der Waals surface area contributed by atoms with Crippen molar-refractivity contribution in [2.24, 2.45) is 0 Å². The van der Waals surface area contributed by atoms with Crippen LogP contribution in [0.15, 0.2) is 30.7 Å². The number of ether oxygens (including phenoxy) is 1. The normalized spacial score (nSPS) is 14.4. The summed E-state index contributed by atoms with van der Waals surface area (Å²) in [5, 5.41) is 13.8. The maximum absolute atomic E-state index is 13.7. The van der Waals surface area contributed by atoms with Gasteiger partial charge in [0.25, 0.3) is 5.88 Å². The summed E-state index contributed by atoms with van der Waals surface area (Å²) in [7, 11) is 0. The molecule has 0 aliphatic carbocycles. The van der Waals surface area contributed by atoms with Crippen molar-refractivity contribution in [1.82, 2.24) is 24.6 Å². The summed E-state index contributed by atoms with van der Waals surface area (Å²) < 4.78 is 21.3. The van der Waals surface area contributed by atoms with Gasteiger partial charge in [-0.25, -0.2) is 14.4 Å². The third-order valence-electron chi connectivity index (χ3n) is 5.72. The molecule has 0 unspecified atom stereocenters. The lowest BCUT2D eigenvalue weighted by Crippen LogP contribution is -2.40. The van der Waals surface area contributed by atoms with Gasteiger partial charge in [-0.15, -0.1) is 0 Å². The largest absolute Gasteiger partial charge is 0.475 e. The number of rotatable bonds is 7. The zero-order chi connectivity index (χ0) is 24.2. The second kappa shape index (κ2) is 10.5. The van der Waals surface area contributed by atoms with Crippen LogP contribution < -0.4 is 10.5 Å². The van der Waals surface area contributed by atoms with Gasteiger partial charge in [-0.3, -0.25) is 9.48 Å². The number of hydrogen-bond donors (Lipinski definition) is 2. The van der Waals surface area contributed by atoms with Crippen molar-refractivity contribution in [1.29, 1.82) is 0 Å². The SMILES string of the molecule is Nc1ncc(-c2cnn(C3CCN(C(=O)CO)CC3)c2)nc1OCCc1c(Cl)ccc(F)c1Cl. The minimum Gasteiger partial charge on any atom is -0.475 e. The number of hydrogen-bond acceptors (Lipinski definition) is 7. The average Bonchev–Trinajstić information content (AvgIpc) is 3.34. The van der Waals surface area contributed by atoms with Gasteiger partial charge in [-0.1, -0.05) is 23.2 Å². The molecule has 1 aliphatic rings. The molecule has 180 valence electrons. The molecule has 0 saturated carbocycles. The summed E-state index contributed by atoms with van der Waals surface area (Å²) in [5.41, 5.74) is 7.63. The van der Waals surface area contributed by atoms with E-state index in [4.69, 9.17) is 38.8 Å². The number of nitrogens with zero attached hydrogens (tertiary/aromatic N) is 5. The molecule has 1 amide bonds. The third kappa shape index (κ3) is 5.24. The predicted octanol–water partition coefficient (Wildman–Crippen LogP) is 3.15. The van der Waals surface area contributed by atoms with Crippen LogP contribution in [0.3, 0.4) is 0 Å². The summed E-state index contributed by atoms with van der Waals surface area (Å²) in [4.78, 5) is 21.9. The second-order valence-electron chi connectivity index (χ2n) is 7.84. The standard InChI is InChI=1S/C22H23Cl2FN6O3/c23-16-1-2-17(25)20(24)15(16)5-8-34-22-21(26)27-10-18(29-22)13-9-28-31(11-13)14-3-6-30(7-4-14)19(33)12-32/h1-2,9-11,14,32H,3-8,12H2,(H2,26,27). The maximum atomic E-state index is 13.7. The minimum atomic E-state index is -0.551. The van der Waals surface area contributed by atoms with Crippen LogP contribution in [0, 0.1) is 5.82 Å². The second-order valence-corrected chi connectivity index (χ2v) is 8.63. The van der Waals surface area contributed by atoms with Crippen LogP contribution in [-0.2, 0) is 11.2 Å². The van der Waals surface area contributed by atoms with Gasteiger partial charge in [0.15, 0.2) is 5.82 Å². The number of piperidine rings is 1. The first-order chi connectivity index (χ1) is 16.4. The Bertz CT molecular complexity index is 1180. The number of nitrogen functional groups attached to an aromatic ring is 1. The van der Waals surface area contributed by atoms with Crippen molar-refractivity contribution in [3.05, 3.63) is 52.1 Å². The van der Waals surface area contributed by atoms with Gasteiger partial charge in [-0.2, -0.15) is 5.10 Å². The summed E-state index contributed by atoms with van der Waals surface area (Å²) in [5.74, 6) is -0.547. The van der Waals surface area contributed by atoms with Gasteiger partial charge in [0.2, 0.25) is 5.91 Å². The van der Waals surface area contributed by atoms with E-state index in [0.29, 0.717) is 29.4 Å². The van der Waals surface area contributed by atoms with Crippen LogP contribution in [0.1, 0.15) is 24.4 Å². The predicted molar refractivity (Wildman–Crippen MR) is 125 cm³/mol. The topological polar surface area (TPSA) is 119 Å². The zero-order valence-electron chi connectivity index (χ0n) is 18.1. The Labute approximate surface area is 205 Å². The number of halogens is 3. The van der Waals surface area contributed by atoms with Crippen LogP contribution in [0.4, 0.5) is 10.2 Å². The summed E-state index contributed by atoms with van der Waals surface area (Å²) in [6, 6.07) is 2.79. The van der Waals surface area contributed by atoms with E-state index in [1.165, 1.54) is 18.3 Å². The monoisotopic (exact) mass is 508 g/mol. The number of amides is 1. The highest BCUT2D eigenvalue weighted by Gasteiger charge is 2.24. The lowest BCUT2D eigenvalue weighted by atomic mass is 10.1. The van der Waals surface area contributed by atoms with E-state index in [0.717, 1.165) is 18.4 Å². The molecule has 3 aromatic rings. The van der Waals surface area contributed by atoms with Crippen molar-refractivity contribution >= 4 is 34.9 Å². The Morgan fingerprint density at radius 1 is 1.26 bits per heavy atom. The molecule has 0 bridgehead atoms. The molecule has 12 heteroatoms. The van der Waals surface area contributed by atoms with E-state index < -0.39 is 12.4 Å². The Kier molecular flexibility index (Phi) is 7.50. The minimum absolute atomic E-state index is 0.0390. The first-order valence-electron chi connectivity index (χ1n) is 10.7. The molecule has 3 heterocycles. The van der Waals surface area contributed by atoms with Gasteiger partial charge < -0.3 is 20.5 Å².